The van der Waals surface area contributed by atoms with Crippen LogP contribution in [-0.4, -0.2) is 51.8 Å². The van der Waals surface area contributed by atoms with E-state index in [2.05, 4.69) is 0 Å². The van der Waals surface area contributed by atoms with Gasteiger partial charge in [-0.25, -0.2) is 4.79 Å². The number of rotatable bonds is 5. The van der Waals surface area contributed by atoms with Crippen molar-refractivity contribution in [2.45, 2.75) is 45.0 Å². The zero-order valence-corrected chi connectivity index (χ0v) is 13.1. The third-order valence-electron chi connectivity index (χ3n) is 2.09. The van der Waals surface area contributed by atoms with Gasteiger partial charge in [0.25, 0.3) is 0 Å². The van der Waals surface area contributed by atoms with Gasteiger partial charge in [0, 0.05) is 0 Å². The molecule has 0 radical (unpaired) electrons. The van der Waals surface area contributed by atoms with Crippen molar-refractivity contribution in [1.82, 2.24) is 0 Å². The Morgan fingerprint density at radius 1 is 1.08 bits per heavy atom. The molecule has 0 saturated carbocycles. The molecule has 140 valence electrons. The van der Waals surface area contributed by atoms with Crippen molar-refractivity contribution in [2.75, 3.05) is 0 Å². The summed E-state index contributed by atoms with van der Waals surface area (Å²) in [7, 11) is 0. The number of carboxylic acid groups (broad SMARTS) is 2. The smallest absolute Gasteiger partial charge is 0.481 e. The highest BCUT2D eigenvalue weighted by Gasteiger charge is 2.38. The lowest BCUT2D eigenvalue weighted by molar-refractivity contribution is -0.192. The summed E-state index contributed by atoms with van der Waals surface area (Å²) in [6.07, 6.45) is -5.46. The minimum atomic E-state index is -5.08. The first-order valence-corrected chi connectivity index (χ1v) is 6.29. The van der Waals surface area contributed by atoms with Crippen LogP contribution >= 0.6 is 0 Å². The Balaban J connectivity index is 0. The topological polar surface area (TPSA) is 170 Å². The van der Waals surface area contributed by atoms with Crippen molar-refractivity contribution >= 4 is 23.8 Å². The molecule has 0 aromatic carbocycles. The van der Waals surface area contributed by atoms with Gasteiger partial charge in [0.15, 0.2) is 5.92 Å². The third kappa shape index (κ3) is 11.2. The number of carbonyl (C=O) groups excluding carboxylic acids is 2. The third-order valence-corrected chi connectivity index (χ3v) is 2.09. The van der Waals surface area contributed by atoms with Crippen LogP contribution in [-0.2, 0) is 23.9 Å². The molecule has 0 saturated heterocycles. The fourth-order valence-electron chi connectivity index (χ4n) is 1.04. The molecule has 0 aliphatic carbocycles. The number of amides is 1. The van der Waals surface area contributed by atoms with E-state index >= 15 is 0 Å². The highest BCUT2D eigenvalue weighted by molar-refractivity contribution is 5.95. The normalized spacial score (nSPS) is 13.8. The number of hydrogen-bond acceptors (Lipinski definition) is 6. The number of hydrogen-bond donors (Lipinski definition) is 4. The number of primary amides is 1. The van der Waals surface area contributed by atoms with Gasteiger partial charge in [-0.2, -0.15) is 13.2 Å². The molecule has 6 N–H and O–H groups in total. The average Bonchev–Trinajstić information content (AvgIpc) is 2.32. The van der Waals surface area contributed by atoms with Gasteiger partial charge in [-0.05, 0) is 27.2 Å². The van der Waals surface area contributed by atoms with Gasteiger partial charge in [-0.3, -0.25) is 14.4 Å². The summed E-state index contributed by atoms with van der Waals surface area (Å²) in [5, 5.41) is 16.0. The highest BCUT2D eigenvalue weighted by Crippen LogP contribution is 2.15. The molecular weight excluding hydrogens is 341 g/mol. The van der Waals surface area contributed by atoms with Gasteiger partial charge in [-0.1, -0.05) is 0 Å². The van der Waals surface area contributed by atoms with Gasteiger partial charge in [0.1, 0.15) is 5.60 Å². The zero-order valence-electron chi connectivity index (χ0n) is 13.1. The molecule has 0 spiro atoms. The lowest BCUT2D eigenvalue weighted by atomic mass is 10.00. The summed E-state index contributed by atoms with van der Waals surface area (Å²) in [5.74, 6) is -7.43. The number of halogens is 3. The van der Waals surface area contributed by atoms with Gasteiger partial charge >= 0.3 is 24.1 Å². The summed E-state index contributed by atoms with van der Waals surface area (Å²) in [4.78, 5) is 42.0. The van der Waals surface area contributed by atoms with Crippen LogP contribution in [0.2, 0.25) is 0 Å². The van der Waals surface area contributed by atoms with E-state index in [1.54, 1.807) is 20.8 Å². The first-order chi connectivity index (χ1) is 10.5. The lowest BCUT2D eigenvalue weighted by Gasteiger charge is -2.22. The van der Waals surface area contributed by atoms with Crippen LogP contribution in [0.3, 0.4) is 0 Å². The average molecular weight is 360 g/mol. The van der Waals surface area contributed by atoms with E-state index in [4.69, 9.17) is 31.2 Å². The number of alkyl halides is 3. The van der Waals surface area contributed by atoms with Crippen molar-refractivity contribution in [3.8, 4) is 0 Å². The molecule has 0 bridgehead atoms. The standard InChI is InChI=1S/C10H18N2O5.C2HF3O2/c1-10(2,3)17-9(16)5(8(14)15)4-6(11)7(12)13;3-2(4,5)1(6)7/h5-6H,4,11H2,1-3H3,(H2,12,13)(H,14,15);(H,6,7)/t5?,6-;/m0./s1. The van der Waals surface area contributed by atoms with Crippen LogP contribution in [0.1, 0.15) is 27.2 Å². The first kappa shape index (κ1) is 23.9. The molecule has 1 unspecified atom stereocenters. The van der Waals surface area contributed by atoms with Crippen molar-refractivity contribution < 1.29 is 47.3 Å². The van der Waals surface area contributed by atoms with E-state index in [1.807, 2.05) is 0 Å². The molecule has 1 amide bonds. The molecule has 0 aliphatic rings. The van der Waals surface area contributed by atoms with E-state index in [0.29, 0.717) is 0 Å². The molecule has 24 heavy (non-hydrogen) atoms. The quantitative estimate of drug-likeness (QED) is 0.388. The summed E-state index contributed by atoms with van der Waals surface area (Å²) >= 11 is 0. The van der Waals surface area contributed by atoms with Crippen molar-refractivity contribution in [2.24, 2.45) is 17.4 Å². The van der Waals surface area contributed by atoms with Gasteiger partial charge in [0.05, 0.1) is 6.04 Å². The Morgan fingerprint density at radius 2 is 1.46 bits per heavy atom. The van der Waals surface area contributed by atoms with Gasteiger partial charge < -0.3 is 26.4 Å². The largest absolute Gasteiger partial charge is 0.490 e. The Morgan fingerprint density at radius 3 is 1.67 bits per heavy atom. The fourth-order valence-corrected chi connectivity index (χ4v) is 1.04. The molecule has 0 rings (SSSR count). The molecule has 0 aliphatic heterocycles. The maximum absolute atomic E-state index is 11.5. The zero-order chi connectivity index (χ0) is 19.9. The molecule has 12 heteroatoms. The molecular formula is C12H19F3N2O7. The van der Waals surface area contributed by atoms with E-state index in [0.717, 1.165) is 0 Å². The second-order valence-corrected chi connectivity index (χ2v) is 5.47. The van der Waals surface area contributed by atoms with E-state index < -0.39 is 47.6 Å². The van der Waals surface area contributed by atoms with Gasteiger partial charge in [0.2, 0.25) is 5.91 Å². The van der Waals surface area contributed by atoms with Crippen LogP contribution in [0.5, 0.6) is 0 Å². The Hall–Kier alpha value is -2.37. The SMILES string of the molecule is CC(C)(C)OC(=O)C(C[C@H](N)C(N)=O)C(=O)O.O=C(O)C(F)(F)F. The molecule has 0 heterocycles. The Kier molecular flexibility index (Phi) is 9.01. The molecule has 0 aromatic rings. The number of aliphatic carboxylic acids is 2. The summed E-state index contributed by atoms with van der Waals surface area (Å²) in [5.41, 5.74) is 9.41. The molecule has 0 aromatic heterocycles. The van der Waals surface area contributed by atoms with Crippen LogP contribution in [0.15, 0.2) is 0 Å². The van der Waals surface area contributed by atoms with Gasteiger partial charge in [-0.15, -0.1) is 0 Å². The second kappa shape index (κ2) is 9.05. The van der Waals surface area contributed by atoms with E-state index in [-0.39, 0.29) is 6.42 Å². The highest BCUT2D eigenvalue weighted by atomic mass is 19.4. The first-order valence-electron chi connectivity index (χ1n) is 6.29. The van der Waals surface area contributed by atoms with Crippen molar-refractivity contribution in [3.05, 3.63) is 0 Å². The number of carbonyl (C=O) groups is 4. The number of nitrogens with two attached hydrogens (primary N) is 2. The monoisotopic (exact) mass is 360 g/mol. The summed E-state index contributed by atoms with van der Waals surface area (Å²) in [6, 6.07) is -1.19. The molecule has 0 fully saturated rings. The maximum atomic E-state index is 11.5. The van der Waals surface area contributed by atoms with Crippen LogP contribution in [0.25, 0.3) is 0 Å². The Bertz CT molecular complexity index is 486. The summed E-state index contributed by atoms with van der Waals surface area (Å²) < 4.78 is 36.7. The minimum Gasteiger partial charge on any atom is -0.481 e. The van der Waals surface area contributed by atoms with Crippen molar-refractivity contribution in [3.63, 3.8) is 0 Å². The minimum absolute atomic E-state index is 0.375. The fraction of sp³-hybridized carbons (Fsp3) is 0.667. The van der Waals surface area contributed by atoms with Crippen LogP contribution in [0, 0.1) is 5.92 Å². The number of esters is 1. The lowest BCUT2D eigenvalue weighted by Crippen LogP contribution is -2.42. The maximum Gasteiger partial charge on any atom is 0.490 e. The summed E-state index contributed by atoms with van der Waals surface area (Å²) in [6.45, 7) is 4.83. The van der Waals surface area contributed by atoms with Crippen LogP contribution < -0.4 is 11.5 Å². The van der Waals surface area contributed by atoms with Crippen LogP contribution in [0.4, 0.5) is 13.2 Å². The van der Waals surface area contributed by atoms with Crippen molar-refractivity contribution in [1.29, 1.82) is 0 Å². The predicted molar refractivity (Wildman–Crippen MR) is 72.4 cm³/mol. The second-order valence-electron chi connectivity index (χ2n) is 5.47. The predicted octanol–water partition coefficient (Wildman–Crippen LogP) is -0.135. The number of ether oxygens (including phenoxy) is 1. The molecule has 2 atom stereocenters. The van der Waals surface area contributed by atoms with E-state index in [1.165, 1.54) is 0 Å². The molecule has 9 nitrogen and oxygen atoms in total. The van der Waals surface area contributed by atoms with E-state index in [9.17, 15) is 27.6 Å². The Labute approximate surface area is 134 Å². The number of carboxylic acids is 2.